The van der Waals surface area contributed by atoms with Gasteiger partial charge >= 0.3 is 0 Å². The molecule has 0 aliphatic carbocycles. The van der Waals surface area contributed by atoms with Crippen molar-refractivity contribution < 1.29 is 4.79 Å². The molecular weight excluding hydrogens is 327 g/mol. The van der Waals surface area contributed by atoms with E-state index in [1.165, 1.54) is 0 Å². The van der Waals surface area contributed by atoms with Crippen molar-refractivity contribution in [2.75, 3.05) is 0 Å². The normalized spacial score (nSPS) is 10.6. The van der Waals surface area contributed by atoms with Crippen molar-refractivity contribution in [3.05, 3.63) is 93.5 Å². The summed E-state index contributed by atoms with van der Waals surface area (Å²) in [7, 11) is 0. The van der Waals surface area contributed by atoms with Crippen molar-refractivity contribution in [1.82, 2.24) is 0 Å². The van der Waals surface area contributed by atoms with E-state index in [4.69, 9.17) is 23.2 Å². The summed E-state index contributed by atoms with van der Waals surface area (Å²) in [6, 6.07) is 20.4. The van der Waals surface area contributed by atoms with E-state index in [9.17, 15) is 4.79 Å². The Morgan fingerprint density at radius 1 is 0.783 bits per heavy atom. The maximum atomic E-state index is 12.5. The van der Waals surface area contributed by atoms with Crippen LogP contribution in [0.2, 0.25) is 10.0 Å². The highest BCUT2D eigenvalue weighted by atomic mass is 35.5. The van der Waals surface area contributed by atoms with E-state index in [1.807, 2.05) is 67.6 Å². The Balaban J connectivity index is 2.00. The first kappa shape index (κ1) is 15.8. The second-order valence-corrected chi connectivity index (χ2v) is 6.26. The third-order valence-corrected chi connectivity index (χ3v) is 4.13. The third kappa shape index (κ3) is 3.47. The lowest BCUT2D eigenvalue weighted by Crippen LogP contribution is -2.01. The van der Waals surface area contributed by atoms with Crippen LogP contribution in [0, 0.1) is 6.92 Å². The molecule has 3 heteroatoms. The second kappa shape index (κ2) is 6.57. The van der Waals surface area contributed by atoms with Gasteiger partial charge in [-0.05, 0) is 47.9 Å². The summed E-state index contributed by atoms with van der Waals surface area (Å²) in [6.45, 7) is 1.98. The molecule has 0 amide bonds. The molecule has 0 spiro atoms. The Morgan fingerprint density at radius 3 is 2.04 bits per heavy atom. The predicted octanol–water partition coefficient (Wildman–Crippen LogP) is 6.20. The maximum Gasteiger partial charge on any atom is 0.193 e. The van der Waals surface area contributed by atoms with Crippen molar-refractivity contribution in [2.45, 2.75) is 6.92 Å². The van der Waals surface area contributed by atoms with Gasteiger partial charge < -0.3 is 0 Å². The summed E-state index contributed by atoms with van der Waals surface area (Å²) >= 11 is 12.2. The van der Waals surface area contributed by atoms with Crippen LogP contribution in [0.15, 0.2) is 66.7 Å². The van der Waals surface area contributed by atoms with Gasteiger partial charge in [0.2, 0.25) is 0 Å². The van der Waals surface area contributed by atoms with Crippen molar-refractivity contribution >= 4 is 29.0 Å². The summed E-state index contributed by atoms with van der Waals surface area (Å²) in [5.74, 6) is 0.0179. The van der Waals surface area contributed by atoms with E-state index in [0.717, 1.165) is 16.7 Å². The lowest BCUT2D eigenvalue weighted by molar-refractivity contribution is 0.103. The van der Waals surface area contributed by atoms with E-state index >= 15 is 0 Å². The average molecular weight is 341 g/mol. The Morgan fingerprint density at radius 2 is 1.43 bits per heavy atom. The molecule has 0 fully saturated rings. The molecule has 0 N–H and O–H groups in total. The van der Waals surface area contributed by atoms with Gasteiger partial charge in [-0.1, -0.05) is 65.7 Å². The molecule has 0 saturated heterocycles. The summed E-state index contributed by atoms with van der Waals surface area (Å²) in [5.41, 5.74) is 4.32. The SMILES string of the molecule is Cc1cc(C(=O)c2ccccc2)ccc1-c1cc(Cl)cc(Cl)c1. The number of carbonyl (C=O) groups excluding carboxylic acids is 1. The molecule has 1 nitrogen and oxygen atoms in total. The molecule has 3 aromatic rings. The Hall–Kier alpha value is -2.09. The molecule has 0 bridgehead atoms. The number of carbonyl (C=O) groups is 1. The average Bonchev–Trinajstić information content (AvgIpc) is 2.54. The van der Waals surface area contributed by atoms with Crippen molar-refractivity contribution in [3.63, 3.8) is 0 Å². The summed E-state index contributed by atoms with van der Waals surface area (Å²) < 4.78 is 0. The highest BCUT2D eigenvalue weighted by Gasteiger charge is 2.11. The van der Waals surface area contributed by atoms with Crippen molar-refractivity contribution in [2.24, 2.45) is 0 Å². The lowest BCUT2D eigenvalue weighted by atomic mass is 9.95. The molecule has 0 aliphatic rings. The maximum absolute atomic E-state index is 12.5. The van der Waals surface area contributed by atoms with E-state index < -0.39 is 0 Å². The van der Waals surface area contributed by atoms with Gasteiger partial charge in [-0.3, -0.25) is 4.79 Å². The van der Waals surface area contributed by atoms with Crippen LogP contribution in [0.4, 0.5) is 0 Å². The fraction of sp³-hybridized carbons (Fsp3) is 0.0500. The highest BCUT2D eigenvalue weighted by molar-refractivity contribution is 6.35. The largest absolute Gasteiger partial charge is 0.289 e. The molecule has 0 saturated carbocycles. The summed E-state index contributed by atoms with van der Waals surface area (Å²) in [5, 5.41) is 1.19. The molecule has 0 aromatic heterocycles. The smallest absolute Gasteiger partial charge is 0.193 e. The van der Waals surface area contributed by atoms with Crippen molar-refractivity contribution in [3.8, 4) is 11.1 Å². The topological polar surface area (TPSA) is 17.1 Å². The minimum Gasteiger partial charge on any atom is -0.289 e. The first-order chi connectivity index (χ1) is 11.0. The van der Waals surface area contributed by atoms with Gasteiger partial charge in [-0.25, -0.2) is 0 Å². The predicted molar refractivity (Wildman–Crippen MR) is 96.5 cm³/mol. The fourth-order valence-corrected chi connectivity index (χ4v) is 3.12. The number of benzene rings is 3. The van der Waals surface area contributed by atoms with Crippen LogP contribution >= 0.6 is 23.2 Å². The van der Waals surface area contributed by atoms with Crippen molar-refractivity contribution in [1.29, 1.82) is 0 Å². The van der Waals surface area contributed by atoms with Gasteiger partial charge in [-0.2, -0.15) is 0 Å². The summed E-state index contributed by atoms with van der Waals surface area (Å²) in [6.07, 6.45) is 0. The van der Waals surface area contributed by atoms with Gasteiger partial charge in [0.15, 0.2) is 5.78 Å². The van der Waals surface area contributed by atoms with Gasteiger partial charge in [-0.15, -0.1) is 0 Å². The lowest BCUT2D eigenvalue weighted by Gasteiger charge is -2.10. The first-order valence-corrected chi connectivity index (χ1v) is 7.97. The molecule has 114 valence electrons. The number of hydrogen-bond donors (Lipinski definition) is 0. The first-order valence-electron chi connectivity index (χ1n) is 7.21. The molecular formula is C20H14Cl2O. The minimum atomic E-state index is 0.0179. The Bertz CT molecular complexity index is 850. The number of halogens is 2. The van der Waals surface area contributed by atoms with Crippen LogP contribution in [0.3, 0.4) is 0 Å². The molecule has 0 radical (unpaired) electrons. The molecule has 3 rings (SSSR count). The summed E-state index contributed by atoms with van der Waals surface area (Å²) in [4.78, 5) is 12.5. The van der Waals surface area contributed by atoms with Gasteiger partial charge in [0.1, 0.15) is 0 Å². The number of ketones is 1. The highest BCUT2D eigenvalue weighted by Crippen LogP contribution is 2.30. The minimum absolute atomic E-state index is 0.0179. The Kier molecular flexibility index (Phi) is 4.51. The van der Waals surface area contributed by atoms with E-state index in [-0.39, 0.29) is 5.78 Å². The monoisotopic (exact) mass is 340 g/mol. The standard InChI is InChI=1S/C20H14Cl2O/c1-13-9-15(20(23)14-5-3-2-4-6-14)7-8-19(13)16-10-17(21)12-18(22)11-16/h2-12H,1H3. The van der Waals surface area contributed by atoms with E-state index in [2.05, 4.69) is 0 Å². The van der Waals surface area contributed by atoms with E-state index in [1.54, 1.807) is 6.07 Å². The molecule has 3 aromatic carbocycles. The zero-order valence-corrected chi connectivity index (χ0v) is 14.0. The number of hydrogen-bond acceptors (Lipinski definition) is 1. The zero-order chi connectivity index (χ0) is 16.4. The van der Waals surface area contributed by atoms with Gasteiger partial charge in [0, 0.05) is 21.2 Å². The van der Waals surface area contributed by atoms with Crippen LogP contribution in [0.1, 0.15) is 21.5 Å². The van der Waals surface area contributed by atoms with Crippen LogP contribution in [-0.4, -0.2) is 5.78 Å². The van der Waals surface area contributed by atoms with Crippen LogP contribution in [-0.2, 0) is 0 Å². The Labute approximate surface area is 145 Å². The van der Waals surface area contributed by atoms with E-state index in [0.29, 0.717) is 21.2 Å². The molecule has 0 unspecified atom stereocenters. The quantitative estimate of drug-likeness (QED) is 0.518. The van der Waals surface area contributed by atoms with Gasteiger partial charge in [0.25, 0.3) is 0 Å². The third-order valence-electron chi connectivity index (χ3n) is 3.70. The molecule has 0 atom stereocenters. The fourth-order valence-electron chi connectivity index (χ4n) is 2.59. The molecule has 0 aliphatic heterocycles. The number of rotatable bonds is 3. The van der Waals surface area contributed by atoms with Crippen LogP contribution in [0.25, 0.3) is 11.1 Å². The zero-order valence-electron chi connectivity index (χ0n) is 12.5. The van der Waals surface area contributed by atoms with Crippen LogP contribution < -0.4 is 0 Å². The van der Waals surface area contributed by atoms with Crippen LogP contribution in [0.5, 0.6) is 0 Å². The van der Waals surface area contributed by atoms with Gasteiger partial charge in [0.05, 0.1) is 0 Å². The second-order valence-electron chi connectivity index (χ2n) is 5.38. The molecule has 0 heterocycles. The molecule has 23 heavy (non-hydrogen) atoms. The number of aryl methyl sites for hydroxylation is 1.